The van der Waals surface area contributed by atoms with Crippen LogP contribution in [-0.4, -0.2) is 25.0 Å². The van der Waals surface area contributed by atoms with Gasteiger partial charge in [0.05, 0.1) is 6.04 Å². The monoisotopic (exact) mass is 234 g/mol. The van der Waals surface area contributed by atoms with Gasteiger partial charge in [0, 0.05) is 18.5 Å². The van der Waals surface area contributed by atoms with Gasteiger partial charge in [-0.25, -0.2) is 0 Å². The van der Waals surface area contributed by atoms with Crippen LogP contribution in [0.5, 0.6) is 0 Å². The van der Waals surface area contributed by atoms with Crippen molar-refractivity contribution < 1.29 is 4.79 Å². The summed E-state index contributed by atoms with van der Waals surface area (Å²) in [7, 11) is 0. The van der Waals surface area contributed by atoms with Gasteiger partial charge in [0.25, 0.3) is 0 Å². The van der Waals surface area contributed by atoms with Crippen molar-refractivity contribution in [1.82, 2.24) is 10.6 Å². The van der Waals surface area contributed by atoms with E-state index in [-0.39, 0.29) is 35.2 Å². The lowest BCUT2D eigenvalue weighted by molar-refractivity contribution is -0.129. The first-order valence-electron chi connectivity index (χ1n) is 5.23. The summed E-state index contributed by atoms with van der Waals surface area (Å²) >= 11 is 0. The van der Waals surface area contributed by atoms with E-state index in [1.165, 1.54) is 0 Å². The van der Waals surface area contributed by atoms with E-state index < -0.39 is 0 Å². The molecule has 0 aromatic carbocycles. The minimum absolute atomic E-state index is 0. The first kappa shape index (κ1) is 14.7. The van der Waals surface area contributed by atoms with Gasteiger partial charge in [0.15, 0.2) is 0 Å². The lowest BCUT2D eigenvalue weighted by Crippen LogP contribution is -2.66. The Morgan fingerprint density at radius 3 is 2.27 bits per heavy atom. The molecule has 0 aromatic rings. The first-order chi connectivity index (χ1) is 6.22. The molecule has 1 saturated heterocycles. The zero-order chi connectivity index (χ0) is 11.0. The van der Waals surface area contributed by atoms with Crippen molar-refractivity contribution >= 4 is 18.3 Å². The second kappa shape index (κ2) is 4.71. The van der Waals surface area contributed by atoms with Gasteiger partial charge in [-0.05, 0) is 5.41 Å². The molecule has 1 amide bonds. The summed E-state index contributed by atoms with van der Waals surface area (Å²) in [5, 5.41) is 6.14. The number of amides is 1. The molecular weight excluding hydrogens is 212 g/mol. The maximum atomic E-state index is 11.7. The van der Waals surface area contributed by atoms with E-state index in [4.69, 9.17) is 0 Å². The van der Waals surface area contributed by atoms with Gasteiger partial charge in [-0.3, -0.25) is 4.79 Å². The minimum atomic E-state index is -0.00940. The molecule has 1 rings (SSSR count). The molecule has 2 N–H and O–H groups in total. The third kappa shape index (κ3) is 3.99. The number of hydrogen-bond donors (Lipinski definition) is 2. The SMILES string of the molecule is CC(C)(C)CNC(=O)C1NCC1(C)C.Cl. The van der Waals surface area contributed by atoms with Crippen molar-refractivity contribution in [2.45, 2.75) is 40.7 Å². The van der Waals surface area contributed by atoms with Crippen LogP contribution in [0.4, 0.5) is 0 Å². The molecule has 1 heterocycles. The summed E-state index contributed by atoms with van der Waals surface area (Å²) in [4.78, 5) is 11.7. The van der Waals surface area contributed by atoms with E-state index in [0.29, 0.717) is 0 Å². The molecule has 0 aliphatic carbocycles. The molecule has 1 aliphatic rings. The molecule has 4 heteroatoms. The van der Waals surface area contributed by atoms with Crippen LogP contribution >= 0.6 is 12.4 Å². The number of halogens is 1. The van der Waals surface area contributed by atoms with Crippen LogP contribution in [0.1, 0.15) is 34.6 Å². The summed E-state index contributed by atoms with van der Waals surface area (Å²) in [6.45, 7) is 12.3. The molecule has 1 unspecified atom stereocenters. The van der Waals surface area contributed by atoms with Crippen LogP contribution < -0.4 is 10.6 Å². The Hall–Kier alpha value is -0.280. The fourth-order valence-electron chi connectivity index (χ4n) is 1.51. The Kier molecular flexibility index (Phi) is 4.62. The van der Waals surface area contributed by atoms with Crippen molar-refractivity contribution in [3.63, 3.8) is 0 Å². The van der Waals surface area contributed by atoms with Gasteiger partial charge >= 0.3 is 0 Å². The van der Waals surface area contributed by atoms with E-state index in [2.05, 4.69) is 45.3 Å². The Morgan fingerprint density at radius 2 is 2.00 bits per heavy atom. The van der Waals surface area contributed by atoms with Crippen LogP contribution in [0.3, 0.4) is 0 Å². The minimum Gasteiger partial charge on any atom is -0.354 e. The lowest BCUT2D eigenvalue weighted by atomic mass is 9.76. The van der Waals surface area contributed by atoms with Crippen LogP contribution in [-0.2, 0) is 4.79 Å². The Labute approximate surface area is 98.8 Å². The average molecular weight is 235 g/mol. The molecule has 0 bridgehead atoms. The molecule has 90 valence electrons. The van der Waals surface area contributed by atoms with Gasteiger partial charge in [-0.2, -0.15) is 0 Å². The van der Waals surface area contributed by atoms with Crippen molar-refractivity contribution in [1.29, 1.82) is 0 Å². The predicted molar refractivity (Wildman–Crippen MR) is 65.3 cm³/mol. The fraction of sp³-hybridized carbons (Fsp3) is 0.909. The quantitative estimate of drug-likeness (QED) is 0.762. The highest BCUT2D eigenvalue weighted by atomic mass is 35.5. The second-order valence-corrected chi connectivity index (χ2v) is 6.08. The molecule has 0 aromatic heterocycles. The molecule has 0 saturated carbocycles. The highest BCUT2D eigenvalue weighted by Gasteiger charge is 2.42. The standard InChI is InChI=1S/C11H22N2O.ClH/c1-10(2,3)6-13-9(14)8-11(4,5)7-12-8;/h8,12H,6-7H2,1-5H3,(H,13,14);1H. The van der Waals surface area contributed by atoms with E-state index in [0.717, 1.165) is 13.1 Å². The summed E-state index contributed by atoms with van der Waals surface area (Å²) in [5.41, 5.74) is 0.269. The smallest absolute Gasteiger partial charge is 0.237 e. The van der Waals surface area contributed by atoms with E-state index in [9.17, 15) is 4.79 Å². The van der Waals surface area contributed by atoms with Gasteiger partial charge in [-0.15, -0.1) is 12.4 Å². The average Bonchev–Trinajstić information content (AvgIpc) is 1.98. The van der Waals surface area contributed by atoms with Crippen molar-refractivity contribution in [2.75, 3.05) is 13.1 Å². The highest BCUT2D eigenvalue weighted by molar-refractivity contribution is 5.85. The molecule has 1 fully saturated rings. The van der Waals surface area contributed by atoms with Crippen LogP contribution in [0, 0.1) is 10.8 Å². The topological polar surface area (TPSA) is 41.1 Å². The van der Waals surface area contributed by atoms with Crippen LogP contribution in [0.25, 0.3) is 0 Å². The number of rotatable bonds is 2. The van der Waals surface area contributed by atoms with Crippen molar-refractivity contribution in [3.05, 3.63) is 0 Å². The van der Waals surface area contributed by atoms with Gasteiger partial charge < -0.3 is 10.6 Å². The largest absolute Gasteiger partial charge is 0.354 e. The zero-order valence-corrected chi connectivity index (χ0v) is 11.1. The fourth-order valence-corrected chi connectivity index (χ4v) is 1.51. The molecule has 1 atom stereocenters. The summed E-state index contributed by atoms with van der Waals surface area (Å²) in [6.07, 6.45) is 0. The van der Waals surface area contributed by atoms with Gasteiger partial charge in [-0.1, -0.05) is 34.6 Å². The van der Waals surface area contributed by atoms with Crippen molar-refractivity contribution in [3.8, 4) is 0 Å². The number of hydrogen-bond acceptors (Lipinski definition) is 2. The van der Waals surface area contributed by atoms with Gasteiger partial charge in [0.1, 0.15) is 0 Å². The lowest BCUT2D eigenvalue weighted by Gasteiger charge is -2.44. The zero-order valence-electron chi connectivity index (χ0n) is 10.3. The van der Waals surface area contributed by atoms with Crippen LogP contribution in [0.15, 0.2) is 0 Å². The molecule has 0 spiro atoms. The summed E-state index contributed by atoms with van der Waals surface area (Å²) < 4.78 is 0. The number of carbonyl (C=O) groups excluding carboxylic acids is 1. The van der Waals surface area contributed by atoms with Crippen LogP contribution in [0.2, 0.25) is 0 Å². The molecule has 3 nitrogen and oxygen atoms in total. The summed E-state index contributed by atoms with van der Waals surface area (Å²) in [6, 6.07) is -0.00940. The molecular formula is C11H23ClN2O. The Morgan fingerprint density at radius 1 is 1.47 bits per heavy atom. The Bertz CT molecular complexity index is 233. The maximum absolute atomic E-state index is 11.7. The highest BCUT2D eigenvalue weighted by Crippen LogP contribution is 2.27. The maximum Gasteiger partial charge on any atom is 0.237 e. The van der Waals surface area contributed by atoms with E-state index in [1.54, 1.807) is 0 Å². The van der Waals surface area contributed by atoms with Crippen molar-refractivity contribution in [2.24, 2.45) is 10.8 Å². The number of nitrogens with one attached hydrogen (secondary N) is 2. The third-order valence-electron chi connectivity index (χ3n) is 2.60. The first-order valence-corrected chi connectivity index (χ1v) is 5.23. The molecule has 0 radical (unpaired) electrons. The number of carbonyl (C=O) groups is 1. The summed E-state index contributed by atoms with van der Waals surface area (Å²) in [5.74, 6) is 0.135. The van der Waals surface area contributed by atoms with E-state index >= 15 is 0 Å². The van der Waals surface area contributed by atoms with E-state index in [1.807, 2.05) is 0 Å². The molecule has 1 aliphatic heterocycles. The predicted octanol–water partition coefficient (Wildman–Crippen LogP) is 1.57. The second-order valence-electron chi connectivity index (χ2n) is 6.08. The van der Waals surface area contributed by atoms with Gasteiger partial charge in [0.2, 0.25) is 5.91 Å². The third-order valence-corrected chi connectivity index (χ3v) is 2.60. The normalized spacial score (nSPS) is 23.7. The molecule has 15 heavy (non-hydrogen) atoms. The Balaban J connectivity index is 0.00000196.